The van der Waals surface area contributed by atoms with E-state index in [1.54, 1.807) is 20.3 Å². The fourth-order valence-corrected chi connectivity index (χ4v) is 2.26. The fourth-order valence-electron chi connectivity index (χ4n) is 2.07. The summed E-state index contributed by atoms with van der Waals surface area (Å²) in [7, 11) is 3.24. The summed E-state index contributed by atoms with van der Waals surface area (Å²) in [6.07, 6.45) is 2.25. The highest BCUT2D eigenvalue weighted by atomic mass is 35.5. The number of hydrogen-bond donors (Lipinski definition) is 1. The van der Waals surface area contributed by atoms with Crippen LogP contribution in [0.4, 0.5) is 11.5 Å². The molecule has 1 aliphatic carbocycles. The van der Waals surface area contributed by atoms with E-state index in [2.05, 4.69) is 15.3 Å². The lowest BCUT2D eigenvalue weighted by atomic mass is 10.2. The second-order valence-corrected chi connectivity index (χ2v) is 5.29. The van der Waals surface area contributed by atoms with Gasteiger partial charge in [-0.1, -0.05) is 11.6 Å². The highest BCUT2D eigenvalue weighted by Crippen LogP contribution is 2.39. The number of ether oxygens (including phenoxy) is 2. The van der Waals surface area contributed by atoms with Crippen LogP contribution in [0.1, 0.15) is 24.6 Å². The Balaban J connectivity index is 1.92. The van der Waals surface area contributed by atoms with Gasteiger partial charge in [-0.25, -0.2) is 9.97 Å². The minimum Gasteiger partial charge on any atom is -0.497 e. The van der Waals surface area contributed by atoms with Crippen molar-refractivity contribution >= 4 is 23.1 Å². The van der Waals surface area contributed by atoms with E-state index in [0.29, 0.717) is 22.6 Å². The summed E-state index contributed by atoms with van der Waals surface area (Å²) >= 11 is 6.07. The van der Waals surface area contributed by atoms with Gasteiger partial charge in [0.2, 0.25) is 0 Å². The number of hydrogen-bond acceptors (Lipinski definition) is 5. The summed E-state index contributed by atoms with van der Waals surface area (Å²) in [6, 6.07) is 7.23. The van der Waals surface area contributed by atoms with Gasteiger partial charge in [0.25, 0.3) is 0 Å². The molecule has 0 atom stereocenters. The van der Waals surface area contributed by atoms with E-state index in [1.807, 2.05) is 18.2 Å². The topological polar surface area (TPSA) is 56.3 Å². The maximum Gasteiger partial charge on any atom is 0.142 e. The van der Waals surface area contributed by atoms with Crippen molar-refractivity contribution in [3.63, 3.8) is 0 Å². The molecule has 0 amide bonds. The van der Waals surface area contributed by atoms with Gasteiger partial charge in [0.05, 0.1) is 19.9 Å². The van der Waals surface area contributed by atoms with Gasteiger partial charge in [-0.05, 0) is 25.0 Å². The quantitative estimate of drug-likeness (QED) is 0.852. The summed E-state index contributed by atoms with van der Waals surface area (Å²) in [5.41, 5.74) is 0.772. The Labute approximate surface area is 128 Å². The Bertz CT molecular complexity index is 659. The van der Waals surface area contributed by atoms with E-state index in [0.717, 1.165) is 30.1 Å². The lowest BCUT2D eigenvalue weighted by Crippen LogP contribution is -2.01. The fraction of sp³-hybridized carbons (Fsp3) is 0.333. The summed E-state index contributed by atoms with van der Waals surface area (Å²) in [5, 5.41) is 3.66. The zero-order valence-electron chi connectivity index (χ0n) is 11.9. The summed E-state index contributed by atoms with van der Waals surface area (Å²) in [5.74, 6) is 3.34. The smallest absolute Gasteiger partial charge is 0.142 e. The van der Waals surface area contributed by atoms with E-state index in [4.69, 9.17) is 21.1 Å². The van der Waals surface area contributed by atoms with Crippen LogP contribution in [-0.4, -0.2) is 24.2 Å². The van der Waals surface area contributed by atoms with E-state index in [9.17, 15) is 0 Å². The zero-order chi connectivity index (χ0) is 14.8. The molecule has 1 saturated carbocycles. The second-order valence-electron chi connectivity index (χ2n) is 4.90. The molecule has 6 heteroatoms. The molecular formula is C15H16ClN3O2. The van der Waals surface area contributed by atoms with Gasteiger partial charge in [0, 0.05) is 18.1 Å². The van der Waals surface area contributed by atoms with Crippen molar-refractivity contribution in [2.45, 2.75) is 18.8 Å². The van der Waals surface area contributed by atoms with Crippen LogP contribution in [0.3, 0.4) is 0 Å². The first-order valence-corrected chi connectivity index (χ1v) is 7.11. The maximum absolute atomic E-state index is 6.07. The van der Waals surface area contributed by atoms with E-state index < -0.39 is 0 Å². The van der Waals surface area contributed by atoms with Crippen LogP contribution >= 0.6 is 11.6 Å². The molecule has 21 heavy (non-hydrogen) atoms. The molecule has 110 valence electrons. The Kier molecular flexibility index (Phi) is 3.84. The number of anilines is 2. The molecule has 1 aromatic carbocycles. The largest absolute Gasteiger partial charge is 0.497 e. The van der Waals surface area contributed by atoms with Crippen LogP contribution in [0.2, 0.25) is 5.15 Å². The molecule has 1 N–H and O–H groups in total. The molecule has 1 aromatic heterocycles. The summed E-state index contributed by atoms with van der Waals surface area (Å²) in [4.78, 5) is 8.79. The van der Waals surface area contributed by atoms with E-state index in [-0.39, 0.29) is 0 Å². The number of nitrogens with zero attached hydrogens (tertiary/aromatic N) is 2. The molecule has 0 bridgehead atoms. The van der Waals surface area contributed by atoms with Gasteiger partial charge in [-0.2, -0.15) is 0 Å². The Morgan fingerprint density at radius 1 is 1.14 bits per heavy atom. The third-order valence-electron chi connectivity index (χ3n) is 3.32. The maximum atomic E-state index is 6.07. The second kappa shape index (κ2) is 5.77. The first-order chi connectivity index (χ1) is 10.2. The Hall–Kier alpha value is -2.01. The van der Waals surface area contributed by atoms with Gasteiger partial charge >= 0.3 is 0 Å². The molecule has 0 radical (unpaired) electrons. The van der Waals surface area contributed by atoms with Gasteiger partial charge in [0.1, 0.15) is 28.3 Å². The van der Waals surface area contributed by atoms with Crippen molar-refractivity contribution in [3.05, 3.63) is 35.2 Å². The lowest BCUT2D eigenvalue weighted by Gasteiger charge is -2.12. The highest BCUT2D eigenvalue weighted by Gasteiger charge is 2.27. The van der Waals surface area contributed by atoms with Gasteiger partial charge < -0.3 is 14.8 Å². The van der Waals surface area contributed by atoms with Crippen LogP contribution < -0.4 is 14.8 Å². The number of benzene rings is 1. The molecule has 5 nitrogen and oxygen atoms in total. The normalized spacial score (nSPS) is 13.9. The SMILES string of the molecule is COc1ccc(OC)c(Nc2cc(Cl)nc(C3CC3)n2)c1. The molecule has 0 aliphatic heterocycles. The molecule has 0 saturated heterocycles. The van der Waals surface area contributed by atoms with Gasteiger partial charge in [-0.15, -0.1) is 0 Å². The van der Waals surface area contributed by atoms with Gasteiger partial charge in [0.15, 0.2) is 0 Å². The molecule has 1 aliphatic rings. The molecular weight excluding hydrogens is 290 g/mol. The molecule has 1 fully saturated rings. The summed E-state index contributed by atoms with van der Waals surface area (Å²) < 4.78 is 10.6. The van der Waals surface area contributed by atoms with Crippen LogP contribution in [0.5, 0.6) is 11.5 Å². The van der Waals surface area contributed by atoms with Crippen molar-refractivity contribution in [1.82, 2.24) is 9.97 Å². The van der Waals surface area contributed by atoms with Crippen molar-refractivity contribution < 1.29 is 9.47 Å². The average molecular weight is 306 g/mol. The number of halogens is 1. The minimum absolute atomic E-state index is 0.441. The first kappa shape index (κ1) is 13.9. The van der Waals surface area contributed by atoms with E-state index >= 15 is 0 Å². The zero-order valence-corrected chi connectivity index (χ0v) is 12.6. The van der Waals surface area contributed by atoms with Crippen molar-refractivity contribution in [2.24, 2.45) is 0 Å². The Morgan fingerprint density at radius 3 is 2.62 bits per heavy atom. The Morgan fingerprint density at radius 2 is 1.95 bits per heavy atom. The minimum atomic E-state index is 0.441. The third-order valence-corrected chi connectivity index (χ3v) is 3.52. The van der Waals surface area contributed by atoms with Crippen molar-refractivity contribution in [1.29, 1.82) is 0 Å². The van der Waals surface area contributed by atoms with Crippen LogP contribution in [0.15, 0.2) is 24.3 Å². The predicted octanol–water partition coefficient (Wildman–Crippen LogP) is 3.77. The van der Waals surface area contributed by atoms with Crippen molar-refractivity contribution in [2.75, 3.05) is 19.5 Å². The average Bonchev–Trinajstić information content (AvgIpc) is 3.31. The van der Waals surface area contributed by atoms with Gasteiger partial charge in [-0.3, -0.25) is 0 Å². The number of aromatic nitrogens is 2. The first-order valence-electron chi connectivity index (χ1n) is 6.73. The molecule has 3 rings (SSSR count). The number of methoxy groups -OCH3 is 2. The highest BCUT2D eigenvalue weighted by molar-refractivity contribution is 6.29. The monoisotopic (exact) mass is 305 g/mol. The predicted molar refractivity (Wildman–Crippen MR) is 81.8 cm³/mol. The molecule has 0 unspecified atom stereocenters. The lowest BCUT2D eigenvalue weighted by molar-refractivity contribution is 0.405. The number of rotatable bonds is 5. The number of nitrogens with one attached hydrogen (secondary N) is 1. The van der Waals surface area contributed by atoms with Crippen molar-refractivity contribution in [3.8, 4) is 11.5 Å². The third kappa shape index (κ3) is 3.19. The standard InChI is InChI=1S/C15H16ClN3O2/c1-20-10-5-6-12(21-2)11(7-10)17-14-8-13(16)18-15(19-14)9-3-4-9/h5-9H,3-4H2,1-2H3,(H,17,18,19). The molecule has 1 heterocycles. The van der Waals surface area contributed by atoms with Crippen LogP contribution in [0.25, 0.3) is 0 Å². The van der Waals surface area contributed by atoms with Crippen LogP contribution in [-0.2, 0) is 0 Å². The van der Waals surface area contributed by atoms with Crippen LogP contribution in [0, 0.1) is 0 Å². The van der Waals surface area contributed by atoms with E-state index in [1.165, 1.54) is 0 Å². The summed E-state index contributed by atoms with van der Waals surface area (Å²) in [6.45, 7) is 0. The molecule has 2 aromatic rings. The molecule has 0 spiro atoms.